The lowest BCUT2D eigenvalue weighted by Gasteiger charge is -2.07. The van der Waals surface area contributed by atoms with Gasteiger partial charge in [0.05, 0.1) is 12.3 Å². The van der Waals surface area contributed by atoms with E-state index in [-0.39, 0.29) is 5.75 Å². The largest absolute Gasteiger partial charge is 0.508 e. The SMILES string of the molecule is COCCNC(=S)N/N=C(\C)c1ccc(O)cc1. The number of aromatic hydroxyl groups is 1. The summed E-state index contributed by atoms with van der Waals surface area (Å²) in [5.41, 5.74) is 4.44. The molecule has 5 nitrogen and oxygen atoms in total. The topological polar surface area (TPSA) is 65.9 Å². The number of phenols is 1. The first kappa shape index (κ1) is 14.4. The molecule has 0 aliphatic heterocycles. The molecule has 0 bridgehead atoms. The Hall–Kier alpha value is -1.66. The molecule has 0 radical (unpaired) electrons. The fourth-order valence-corrected chi connectivity index (χ4v) is 1.36. The average Bonchev–Trinajstić information content (AvgIpc) is 2.37. The second kappa shape index (κ2) is 7.62. The summed E-state index contributed by atoms with van der Waals surface area (Å²) in [5, 5.41) is 16.7. The van der Waals surface area contributed by atoms with E-state index in [9.17, 15) is 5.11 Å². The molecule has 0 heterocycles. The molecular weight excluding hydrogens is 250 g/mol. The van der Waals surface area contributed by atoms with E-state index in [1.807, 2.05) is 6.92 Å². The zero-order valence-electron chi connectivity index (χ0n) is 10.4. The van der Waals surface area contributed by atoms with Gasteiger partial charge >= 0.3 is 0 Å². The van der Waals surface area contributed by atoms with Gasteiger partial charge in [0.15, 0.2) is 5.11 Å². The molecule has 0 atom stereocenters. The van der Waals surface area contributed by atoms with Gasteiger partial charge in [-0.1, -0.05) is 0 Å². The van der Waals surface area contributed by atoms with Crippen LogP contribution in [0.25, 0.3) is 0 Å². The van der Waals surface area contributed by atoms with Gasteiger partial charge in [-0.05, 0) is 49.0 Å². The summed E-state index contributed by atoms with van der Waals surface area (Å²) in [5.74, 6) is 0.233. The smallest absolute Gasteiger partial charge is 0.187 e. The number of ether oxygens (including phenoxy) is 1. The Morgan fingerprint density at radius 3 is 2.67 bits per heavy atom. The Bertz CT molecular complexity index is 418. The van der Waals surface area contributed by atoms with Crippen molar-refractivity contribution >= 4 is 23.0 Å². The summed E-state index contributed by atoms with van der Waals surface area (Å²) in [6, 6.07) is 6.81. The number of thiocarbonyl (C=S) groups is 1. The normalized spacial score (nSPS) is 11.1. The van der Waals surface area contributed by atoms with Crippen LogP contribution in [-0.2, 0) is 4.74 Å². The number of nitrogens with one attached hydrogen (secondary N) is 2. The summed E-state index contributed by atoms with van der Waals surface area (Å²) in [4.78, 5) is 0. The summed E-state index contributed by atoms with van der Waals surface area (Å²) >= 11 is 5.03. The van der Waals surface area contributed by atoms with Gasteiger partial charge < -0.3 is 15.2 Å². The number of phenolic OH excluding ortho intramolecular Hbond substituents is 1. The average molecular weight is 267 g/mol. The van der Waals surface area contributed by atoms with E-state index in [0.717, 1.165) is 11.3 Å². The van der Waals surface area contributed by atoms with E-state index < -0.39 is 0 Å². The van der Waals surface area contributed by atoms with Crippen molar-refractivity contribution in [1.82, 2.24) is 10.7 Å². The van der Waals surface area contributed by atoms with Crippen LogP contribution in [0.1, 0.15) is 12.5 Å². The van der Waals surface area contributed by atoms with Gasteiger partial charge in [-0.25, -0.2) is 0 Å². The molecule has 0 aromatic heterocycles. The predicted octanol–water partition coefficient (Wildman–Crippen LogP) is 1.23. The summed E-state index contributed by atoms with van der Waals surface area (Å²) < 4.78 is 4.89. The lowest BCUT2D eigenvalue weighted by molar-refractivity contribution is 0.204. The molecule has 0 aliphatic carbocycles. The van der Waals surface area contributed by atoms with Gasteiger partial charge in [-0.2, -0.15) is 5.10 Å². The standard InChI is InChI=1S/C12H17N3O2S/c1-9(10-3-5-11(16)6-4-10)14-15-12(18)13-7-8-17-2/h3-6,16H,7-8H2,1-2H3,(H2,13,15,18)/b14-9+. The number of hydrogen-bond donors (Lipinski definition) is 3. The Balaban J connectivity index is 2.46. The highest BCUT2D eigenvalue weighted by Gasteiger charge is 1.98. The number of rotatable bonds is 5. The molecule has 0 fully saturated rings. The number of nitrogens with zero attached hydrogens (tertiary/aromatic N) is 1. The van der Waals surface area contributed by atoms with Crippen molar-refractivity contribution in [2.24, 2.45) is 5.10 Å². The number of hydrazone groups is 1. The minimum atomic E-state index is 0.233. The Morgan fingerprint density at radius 1 is 1.39 bits per heavy atom. The molecule has 0 spiro atoms. The molecule has 0 saturated carbocycles. The Kier molecular flexibility index (Phi) is 6.10. The van der Waals surface area contributed by atoms with Crippen molar-refractivity contribution < 1.29 is 9.84 Å². The third-order valence-corrected chi connectivity index (χ3v) is 2.44. The van der Waals surface area contributed by atoms with E-state index in [0.29, 0.717) is 18.3 Å². The van der Waals surface area contributed by atoms with Crippen LogP contribution in [0.3, 0.4) is 0 Å². The molecule has 0 unspecified atom stereocenters. The molecule has 18 heavy (non-hydrogen) atoms. The molecule has 3 N–H and O–H groups in total. The molecule has 1 aromatic rings. The molecule has 1 aromatic carbocycles. The highest BCUT2D eigenvalue weighted by Crippen LogP contribution is 2.10. The fourth-order valence-electron chi connectivity index (χ4n) is 1.21. The molecule has 1 rings (SSSR count). The molecule has 0 saturated heterocycles. The maximum Gasteiger partial charge on any atom is 0.187 e. The zero-order valence-corrected chi connectivity index (χ0v) is 11.3. The monoisotopic (exact) mass is 267 g/mol. The third-order valence-electron chi connectivity index (χ3n) is 2.20. The maximum atomic E-state index is 9.18. The van der Waals surface area contributed by atoms with Crippen LogP contribution in [0.5, 0.6) is 5.75 Å². The second-order valence-electron chi connectivity index (χ2n) is 3.60. The van der Waals surface area contributed by atoms with E-state index in [2.05, 4.69) is 15.8 Å². The van der Waals surface area contributed by atoms with Gasteiger partial charge in [0.25, 0.3) is 0 Å². The Labute approximate surface area is 112 Å². The van der Waals surface area contributed by atoms with E-state index in [1.54, 1.807) is 31.4 Å². The summed E-state index contributed by atoms with van der Waals surface area (Å²) in [7, 11) is 1.63. The molecular formula is C12H17N3O2S. The lowest BCUT2D eigenvalue weighted by Crippen LogP contribution is -2.34. The van der Waals surface area contributed by atoms with Crippen LogP contribution in [0.15, 0.2) is 29.4 Å². The van der Waals surface area contributed by atoms with Gasteiger partial charge in [0.2, 0.25) is 0 Å². The van der Waals surface area contributed by atoms with Gasteiger partial charge in [-0.15, -0.1) is 0 Å². The molecule has 6 heteroatoms. The summed E-state index contributed by atoms with van der Waals surface area (Å²) in [6.07, 6.45) is 0. The van der Waals surface area contributed by atoms with Crippen molar-refractivity contribution in [1.29, 1.82) is 0 Å². The van der Waals surface area contributed by atoms with Crippen molar-refractivity contribution in [2.45, 2.75) is 6.92 Å². The number of benzene rings is 1. The lowest BCUT2D eigenvalue weighted by atomic mass is 10.1. The van der Waals surface area contributed by atoms with Crippen LogP contribution < -0.4 is 10.7 Å². The van der Waals surface area contributed by atoms with E-state index in [4.69, 9.17) is 17.0 Å². The van der Waals surface area contributed by atoms with Crippen LogP contribution in [0.2, 0.25) is 0 Å². The first-order chi connectivity index (χ1) is 8.63. The third kappa shape index (κ3) is 5.11. The predicted molar refractivity (Wildman–Crippen MR) is 75.9 cm³/mol. The first-order valence-corrected chi connectivity index (χ1v) is 5.91. The van der Waals surface area contributed by atoms with Crippen LogP contribution in [-0.4, -0.2) is 36.2 Å². The molecule has 98 valence electrons. The number of hydrogen-bond acceptors (Lipinski definition) is 4. The highest BCUT2D eigenvalue weighted by molar-refractivity contribution is 7.80. The van der Waals surface area contributed by atoms with E-state index >= 15 is 0 Å². The van der Waals surface area contributed by atoms with Crippen LogP contribution >= 0.6 is 12.2 Å². The van der Waals surface area contributed by atoms with Gasteiger partial charge in [-0.3, -0.25) is 5.43 Å². The molecule has 0 aliphatic rings. The van der Waals surface area contributed by atoms with Crippen LogP contribution in [0, 0.1) is 0 Å². The number of methoxy groups -OCH3 is 1. The van der Waals surface area contributed by atoms with E-state index in [1.165, 1.54) is 0 Å². The second-order valence-corrected chi connectivity index (χ2v) is 4.01. The zero-order chi connectivity index (χ0) is 13.4. The molecule has 0 amide bonds. The minimum Gasteiger partial charge on any atom is -0.508 e. The van der Waals surface area contributed by atoms with Crippen LogP contribution in [0.4, 0.5) is 0 Å². The van der Waals surface area contributed by atoms with Crippen molar-refractivity contribution in [3.8, 4) is 5.75 Å². The van der Waals surface area contributed by atoms with Crippen molar-refractivity contribution in [3.05, 3.63) is 29.8 Å². The Morgan fingerprint density at radius 2 is 2.06 bits per heavy atom. The van der Waals surface area contributed by atoms with Crippen molar-refractivity contribution in [2.75, 3.05) is 20.3 Å². The van der Waals surface area contributed by atoms with Gasteiger partial charge in [0, 0.05) is 13.7 Å². The highest BCUT2D eigenvalue weighted by atomic mass is 32.1. The summed E-state index contributed by atoms with van der Waals surface area (Å²) in [6.45, 7) is 3.08. The quantitative estimate of drug-likeness (QED) is 0.324. The first-order valence-electron chi connectivity index (χ1n) is 5.50. The van der Waals surface area contributed by atoms with Crippen molar-refractivity contribution in [3.63, 3.8) is 0 Å². The fraction of sp³-hybridized carbons (Fsp3) is 0.333. The minimum absolute atomic E-state index is 0.233. The van der Waals surface area contributed by atoms with Gasteiger partial charge in [0.1, 0.15) is 5.75 Å². The maximum absolute atomic E-state index is 9.18.